The monoisotopic (exact) mass is 403 g/mol. The van der Waals surface area contributed by atoms with Gasteiger partial charge in [0.2, 0.25) is 0 Å². The fourth-order valence-electron chi connectivity index (χ4n) is 3.99. The molecule has 0 aliphatic heterocycles. The third-order valence-corrected chi connectivity index (χ3v) is 5.39. The molecule has 0 atom stereocenters. The maximum Gasteiger partial charge on any atom is 0.414 e. The van der Waals surface area contributed by atoms with Gasteiger partial charge in [-0.2, -0.15) is 0 Å². The molecule has 0 radical (unpaired) electrons. The Morgan fingerprint density at radius 3 is 2.10 bits per heavy atom. The van der Waals surface area contributed by atoms with E-state index in [1.54, 1.807) is 12.1 Å². The minimum atomic E-state index is -1.15. The van der Waals surface area contributed by atoms with E-state index in [0.29, 0.717) is 0 Å². The Labute approximate surface area is 174 Å². The summed E-state index contributed by atoms with van der Waals surface area (Å²) in [5.41, 5.74) is 4.62. The van der Waals surface area contributed by atoms with E-state index in [9.17, 15) is 14.7 Å². The number of para-hydroxylation sites is 1. The average molecular weight is 403 g/mol. The molecule has 0 fully saturated rings. The van der Waals surface area contributed by atoms with Gasteiger partial charge in [0.25, 0.3) is 0 Å². The Hall–Kier alpha value is -3.80. The molecule has 6 heteroatoms. The van der Waals surface area contributed by atoms with Gasteiger partial charge in [-0.1, -0.05) is 54.6 Å². The summed E-state index contributed by atoms with van der Waals surface area (Å²) in [5, 5.41) is 9.50. The number of carbonyl (C=O) groups is 2. The van der Waals surface area contributed by atoms with Gasteiger partial charge in [-0.15, -0.1) is 0 Å². The number of carboxylic acids is 1. The second kappa shape index (κ2) is 7.91. The number of rotatable bonds is 5. The van der Waals surface area contributed by atoms with Crippen LogP contribution in [0.15, 0.2) is 66.7 Å². The van der Waals surface area contributed by atoms with E-state index in [4.69, 9.17) is 9.47 Å². The summed E-state index contributed by atoms with van der Waals surface area (Å²) in [4.78, 5) is 25.6. The molecule has 3 aromatic rings. The van der Waals surface area contributed by atoms with Crippen molar-refractivity contribution in [2.45, 2.75) is 5.92 Å². The van der Waals surface area contributed by atoms with Crippen molar-refractivity contribution in [1.82, 2.24) is 0 Å². The van der Waals surface area contributed by atoms with Crippen LogP contribution in [0.4, 0.5) is 10.5 Å². The second-order valence-corrected chi connectivity index (χ2v) is 7.02. The topological polar surface area (TPSA) is 76.1 Å². The van der Waals surface area contributed by atoms with E-state index in [0.717, 1.165) is 22.3 Å². The molecule has 0 heterocycles. The van der Waals surface area contributed by atoms with Gasteiger partial charge in [0, 0.05) is 13.0 Å². The highest BCUT2D eigenvalue weighted by Crippen LogP contribution is 2.44. The number of benzene rings is 3. The summed E-state index contributed by atoms with van der Waals surface area (Å²) in [6.45, 7) is 0.148. The average Bonchev–Trinajstić information content (AvgIpc) is 3.10. The molecule has 1 amide bonds. The Morgan fingerprint density at radius 2 is 1.53 bits per heavy atom. The number of carbonyl (C=O) groups excluding carboxylic acids is 1. The van der Waals surface area contributed by atoms with Gasteiger partial charge in [-0.05, 0) is 34.4 Å². The predicted octanol–water partition coefficient (Wildman–Crippen LogP) is 4.78. The Morgan fingerprint density at radius 1 is 0.933 bits per heavy atom. The largest absolute Gasteiger partial charge is 0.495 e. The molecule has 0 aromatic heterocycles. The van der Waals surface area contributed by atoms with E-state index in [-0.39, 0.29) is 29.5 Å². The zero-order chi connectivity index (χ0) is 21.3. The van der Waals surface area contributed by atoms with Crippen molar-refractivity contribution in [1.29, 1.82) is 0 Å². The molecule has 0 bridgehead atoms. The first-order valence-electron chi connectivity index (χ1n) is 9.52. The quantitative estimate of drug-likeness (QED) is 0.664. The van der Waals surface area contributed by atoms with E-state index in [2.05, 4.69) is 12.1 Å². The molecule has 4 rings (SSSR count). The molecule has 0 saturated carbocycles. The van der Waals surface area contributed by atoms with Crippen LogP contribution in [0.25, 0.3) is 11.1 Å². The maximum atomic E-state index is 12.8. The number of hydrogen-bond acceptors (Lipinski definition) is 4. The number of anilines is 1. The lowest BCUT2D eigenvalue weighted by Gasteiger charge is -2.22. The number of methoxy groups -OCH3 is 1. The molecule has 0 saturated heterocycles. The van der Waals surface area contributed by atoms with Gasteiger partial charge in [0.15, 0.2) is 0 Å². The minimum Gasteiger partial charge on any atom is -0.495 e. The minimum absolute atomic E-state index is 0.0367. The Kier molecular flexibility index (Phi) is 5.14. The van der Waals surface area contributed by atoms with Gasteiger partial charge in [0.05, 0.1) is 12.7 Å². The standard InChI is InChI=1S/C24H21NO5/c1-25(22-19(23(26)27)12-7-13-21(22)29-2)24(28)30-14-20-17-10-5-3-8-15(17)16-9-4-6-11-18(16)20/h3-13,20H,14H2,1-2H3,(H,26,27). The molecule has 152 valence electrons. The van der Waals surface area contributed by atoms with Crippen LogP contribution in [0, 0.1) is 0 Å². The number of carboxylic acid groups (broad SMARTS) is 1. The first-order valence-corrected chi connectivity index (χ1v) is 9.52. The molecule has 0 spiro atoms. The van der Waals surface area contributed by atoms with Crippen LogP contribution >= 0.6 is 0 Å². The number of amides is 1. The third kappa shape index (κ3) is 3.26. The van der Waals surface area contributed by atoms with Gasteiger partial charge >= 0.3 is 12.1 Å². The van der Waals surface area contributed by atoms with E-state index in [1.165, 1.54) is 25.1 Å². The molecule has 1 aliphatic rings. The zero-order valence-corrected chi connectivity index (χ0v) is 16.7. The SMILES string of the molecule is COc1cccc(C(=O)O)c1N(C)C(=O)OCC1c2ccccc2-c2ccccc21. The highest BCUT2D eigenvalue weighted by atomic mass is 16.6. The van der Waals surface area contributed by atoms with Crippen molar-refractivity contribution in [3.05, 3.63) is 83.4 Å². The van der Waals surface area contributed by atoms with Crippen LogP contribution in [0.2, 0.25) is 0 Å². The normalized spacial score (nSPS) is 12.1. The highest BCUT2D eigenvalue weighted by Gasteiger charge is 2.30. The van der Waals surface area contributed by atoms with E-state index < -0.39 is 12.1 Å². The lowest BCUT2D eigenvalue weighted by atomic mass is 9.98. The number of ether oxygens (including phenoxy) is 2. The first-order chi connectivity index (χ1) is 14.5. The second-order valence-electron chi connectivity index (χ2n) is 7.02. The molecule has 0 unspecified atom stereocenters. The number of aromatic carboxylic acids is 1. The summed E-state index contributed by atoms with van der Waals surface area (Å²) in [6.07, 6.45) is -0.649. The third-order valence-electron chi connectivity index (χ3n) is 5.39. The van der Waals surface area contributed by atoms with Crippen LogP contribution < -0.4 is 9.64 Å². The van der Waals surface area contributed by atoms with Crippen LogP contribution in [0.1, 0.15) is 27.4 Å². The summed E-state index contributed by atoms with van der Waals surface area (Å²) < 4.78 is 10.9. The lowest BCUT2D eigenvalue weighted by Crippen LogP contribution is -2.30. The molecule has 3 aromatic carbocycles. The maximum absolute atomic E-state index is 12.8. The summed E-state index contributed by atoms with van der Waals surface area (Å²) in [5.74, 6) is -0.945. The Balaban J connectivity index is 1.59. The predicted molar refractivity (Wildman–Crippen MR) is 113 cm³/mol. The fourth-order valence-corrected chi connectivity index (χ4v) is 3.99. The van der Waals surface area contributed by atoms with E-state index in [1.807, 2.05) is 36.4 Å². The van der Waals surface area contributed by atoms with Crippen LogP contribution in [-0.2, 0) is 4.74 Å². The molecular formula is C24H21NO5. The van der Waals surface area contributed by atoms with Crippen molar-refractivity contribution in [2.75, 3.05) is 25.7 Å². The van der Waals surface area contributed by atoms with Crippen LogP contribution in [-0.4, -0.2) is 37.9 Å². The smallest absolute Gasteiger partial charge is 0.414 e. The highest BCUT2D eigenvalue weighted by molar-refractivity contribution is 6.01. The lowest BCUT2D eigenvalue weighted by molar-refractivity contribution is 0.0697. The molecular weight excluding hydrogens is 382 g/mol. The first kappa shape index (κ1) is 19.5. The van der Waals surface area contributed by atoms with Crippen molar-refractivity contribution in [2.24, 2.45) is 0 Å². The van der Waals surface area contributed by atoms with Crippen LogP contribution in [0.5, 0.6) is 5.75 Å². The zero-order valence-electron chi connectivity index (χ0n) is 16.7. The van der Waals surface area contributed by atoms with Gasteiger partial charge < -0.3 is 14.6 Å². The fraction of sp³-hybridized carbons (Fsp3) is 0.167. The summed E-state index contributed by atoms with van der Waals surface area (Å²) in [6, 6.07) is 20.7. The summed E-state index contributed by atoms with van der Waals surface area (Å²) >= 11 is 0. The summed E-state index contributed by atoms with van der Waals surface area (Å²) in [7, 11) is 2.90. The molecule has 1 N–H and O–H groups in total. The van der Waals surface area contributed by atoms with Crippen molar-refractivity contribution in [3.63, 3.8) is 0 Å². The van der Waals surface area contributed by atoms with Gasteiger partial charge in [-0.3, -0.25) is 4.90 Å². The molecule has 1 aliphatic carbocycles. The van der Waals surface area contributed by atoms with Crippen molar-refractivity contribution in [3.8, 4) is 16.9 Å². The van der Waals surface area contributed by atoms with Crippen molar-refractivity contribution >= 4 is 17.7 Å². The number of nitrogens with zero attached hydrogens (tertiary/aromatic N) is 1. The van der Waals surface area contributed by atoms with Crippen LogP contribution in [0.3, 0.4) is 0 Å². The van der Waals surface area contributed by atoms with Gasteiger partial charge in [0.1, 0.15) is 18.0 Å². The van der Waals surface area contributed by atoms with Crippen molar-refractivity contribution < 1.29 is 24.2 Å². The number of fused-ring (bicyclic) bond motifs is 3. The van der Waals surface area contributed by atoms with E-state index >= 15 is 0 Å². The Bertz CT molecular complexity index is 1080. The number of hydrogen-bond donors (Lipinski definition) is 1. The van der Waals surface area contributed by atoms with Gasteiger partial charge in [-0.25, -0.2) is 9.59 Å². The molecule has 6 nitrogen and oxygen atoms in total. The molecule has 30 heavy (non-hydrogen) atoms.